The maximum Gasteiger partial charge on any atom is 0.322 e. The van der Waals surface area contributed by atoms with Crippen LogP contribution >= 0.6 is 0 Å². The number of H-pyrrole nitrogens is 1. The average Bonchev–Trinajstić information content (AvgIpc) is 3.16. The molecule has 0 aliphatic carbocycles. The van der Waals surface area contributed by atoms with E-state index in [4.69, 9.17) is 16.6 Å². The summed E-state index contributed by atoms with van der Waals surface area (Å²) in [5.74, 6) is -3.83. The largest absolute Gasteiger partial charge is 0.480 e. The van der Waals surface area contributed by atoms with Crippen molar-refractivity contribution < 1.29 is 29.1 Å². The van der Waals surface area contributed by atoms with Crippen LogP contribution in [-0.2, 0) is 30.4 Å². The Kier molecular flexibility index (Phi) is 8.72. The standard InChI is InChI=1S/C20H26N6O6/c21-13(5-6-16(22)27)19(31)24-9-17(28)26-15(20(32)25-10-18(29)30)7-11-8-23-14-4-2-1-3-12(11)14/h1-4,8,13,15,23H,5-7,9-10,21H2,(H2,22,27)(H,24,31)(H,25,32)(H,26,28)(H,29,30). The number of carbonyl (C=O) groups excluding carboxylic acids is 4. The van der Waals surface area contributed by atoms with Gasteiger partial charge in [-0.05, 0) is 18.1 Å². The third-order valence-electron chi connectivity index (χ3n) is 4.63. The Morgan fingerprint density at radius 1 is 1.03 bits per heavy atom. The van der Waals surface area contributed by atoms with E-state index in [1.165, 1.54) is 0 Å². The van der Waals surface area contributed by atoms with Crippen molar-refractivity contribution in [1.29, 1.82) is 0 Å². The van der Waals surface area contributed by atoms with E-state index in [2.05, 4.69) is 20.9 Å². The van der Waals surface area contributed by atoms with Crippen LogP contribution in [0.1, 0.15) is 18.4 Å². The Labute approximate surface area is 183 Å². The highest BCUT2D eigenvalue weighted by Gasteiger charge is 2.24. The molecule has 2 aromatic rings. The van der Waals surface area contributed by atoms with Crippen molar-refractivity contribution in [2.75, 3.05) is 13.1 Å². The minimum atomic E-state index is -1.23. The first-order valence-electron chi connectivity index (χ1n) is 9.82. The number of aromatic nitrogens is 1. The third kappa shape index (κ3) is 7.40. The number of carbonyl (C=O) groups is 5. The fourth-order valence-corrected chi connectivity index (χ4v) is 2.99. The van der Waals surface area contributed by atoms with Gasteiger partial charge in [0.1, 0.15) is 12.6 Å². The molecule has 1 heterocycles. The first-order chi connectivity index (χ1) is 15.2. The highest BCUT2D eigenvalue weighted by molar-refractivity contribution is 5.93. The lowest BCUT2D eigenvalue weighted by molar-refractivity contribution is -0.138. The number of nitrogens with two attached hydrogens (primary N) is 2. The third-order valence-corrected chi connectivity index (χ3v) is 4.63. The van der Waals surface area contributed by atoms with Gasteiger partial charge in [-0.1, -0.05) is 18.2 Å². The molecule has 1 aromatic carbocycles. The van der Waals surface area contributed by atoms with Gasteiger partial charge in [0, 0.05) is 29.9 Å². The number of aliphatic carboxylic acids is 1. The number of carboxylic acid groups (broad SMARTS) is 1. The van der Waals surface area contributed by atoms with Gasteiger partial charge in [-0.25, -0.2) is 0 Å². The minimum absolute atomic E-state index is 0.0313. The molecule has 0 spiro atoms. The molecule has 0 bridgehead atoms. The summed E-state index contributed by atoms with van der Waals surface area (Å²) in [7, 11) is 0. The Morgan fingerprint density at radius 3 is 2.41 bits per heavy atom. The predicted octanol–water partition coefficient (Wildman–Crippen LogP) is -1.89. The van der Waals surface area contributed by atoms with Crippen molar-refractivity contribution in [3.8, 4) is 0 Å². The van der Waals surface area contributed by atoms with Gasteiger partial charge in [0.25, 0.3) is 0 Å². The van der Waals surface area contributed by atoms with Gasteiger partial charge < -0.3 is 37.5 Å². The van der Waals surface area contributed by atoms with Crippen LogP contribution in [0.2, 0.25) is 0 Å². The molecule has 2 rings (SSSR count). The molecule has 12 heteroatoms. The maximum absolute atomic E-state index is 12.5. The van der Waals surface area contributed by atoms with Crippen LogP contribution in [0.25, 0.3) is 10.9 Å². The van der Waals surface area contributed by atoms with E-state index in [-0.39, 0.29) is 19.3 Å². The summed E-state index contributed by atoms with van der Waals surface area (Å²) in [5, 5.41) is 16.7. The van der Waals surface area contributed by atoms with Gasteiger partial charge in [0.15, 0.2) is 0 Å². The number of rotatable bonds is 12. The Morgan fingerprint density at radius 2 is 1.72 bits per heavy atom. The van der Waals surface area contributed by atoms with Crippen LogP contribution in [0.3, 0.4) is 0 Å². The highest BCUT2D eigenvalue weighted by Crippen LogP contribution is 2.19. The summed E-state index contributed by atoms with van der Waals surface area (Å²) >= 11 is 0. The molecule has 172 valence electrons. The lowest BCUT2D eigenvalue weighted by Crippen LogP contribution is -2.52. The second kappa shape index (κ2) is 11.5. The van der Waals surface area contributed by atoms with Gasteiger partial charge in [0.05, 0.1) is 12.6 Å². The minimum Gasteiger partial charge on any atom is -0.480 e. The van der Waals surface area contributed by atoms with Crippen LogP contribution in [-0.4, -0.2) is 64.9 Å². The molecule has 1 aromatic heterocycles. The van der Waals surface area contributed by atoms with E-state index < -0.39 is 54.8 Å². The number of aromatic amines is 1. The molecule has 0 radical (unpaired) electrons. The van der Waals surface area contributed by atoms with E-state index in [1.807, 2.05) is 24.3 Å². The van der Waals surface area contributed by atoms with Crippen molar-refractivity contribution in [3.05, 3.63) is 36.0 Å². The molecule has 0 saturated carbocycles. The van der Waals surface area contributed by atoms with Gasteiger partial charge in [-0.15, -0.1) is 0 Å². The van der Waals surface area contributed by atoms with Crippen molar-refractivity contribution in [2.45, 2.75) is 31.3 Å². The first-order valence-corrected chi connectivity index (χ1v) is 9.82. The summed E-state index contributed by atoms with van der Waals surface area (Å²) in [6.45, 7) is -1.07. The number of para-hydroxylation sites is 1. The fraction of sp³-hybridized carbons (Fsp3) is 0.350. The van der Waals surface area contributed by atoms with E-state index in [9.17, 15) is 24.0 Å². The van der Waals surface area contributed by atoms with Crippen molar-refractivity contribution in [1.82, 2.24) is 20.9 Å². The summed E-state index contributed by atoms with van der Waals surface area (Å²) in [4.78, 5) is 61.4. The van der Waals surface area contributed by atoms with Gasteiger partial charge in [0.2, 0.25) is 23.6 Å². The molecule has 4 amide bonds. The van der Waals surface area contributed by atoms with Crippen LogP contribution < -0.4 is 27.4 Å². The van der Waals surface area contributed by atoms with E-state index in [1.54, 1.807) is 6.20 Å². The number of hydrogen-bond acceptors (Lipinski definition) is 6. The SMILES string of the molecule is NC(=O)CCC(N)C(=O)NCC(=O)NC(Cc1c[nH]c2ccccc12)C(=O)NCC(=O)O. The van der Waals surface area contributed by atoms with E-state index in [0.29, 0.717) is 0 Å². The Bertz CT molecular complexity index is 1000. The normalized spacial score (nSPS) is 12.5. The van der Waals surface area contributed by atoms with Crippen LogP contribution in [0.4, 0.5) is 0 Å². The van der Waals surface area contributed by atoms with Crippen molar-refractivity contribution >= 4 is 40.5 Å². The fourth-order valence-electron chi connectivity index (χ4n) is 2.99. The molecule has 0 aliphatic rings. The summed E-state index contributed by atoms with van der Waals surface area (Å²) < 4.78 is 0. The molecular formula is C20H26N6O6. The quantitative estimate of drug-likeness (QED) is 0.197. The van der Waals surface area contributed by atoms with Crippen molar-refractivity contribution in [2.24, 2.45) is 11.5 Å². The molecule has 32 heavy (non-hydrogen) atoms. The highest BCUT2D eigenvalue weighted by atomic mass is 16.4. The van der Waals surface area contributed by atoms with Gasteiger partial charge >= 0.3 is 5.97 Å². The molecule has 2 atom stereocenters. The maximum atomic E-state index is 12.5. The number of nitrogens with one attached hydrogen (secondary N) is 4. The lowest BCUT2D eigenvalue weighted by atomic mass is 10.0. The summed E-state index contributed by atoms with van der Waals surface area (Å²) in [6.07, 6.45) is 1.75. The van der Waals surface area contributed by atoms with Crippen LogP contribution in [0, 0.1) is 0 Å². The van der Waals surface area contributed by atoms with E-state index in [0.717, 1.165) is 16.5 Å². The number of benzene rings is 1. The topological polar surface area (TPSA) is 209 Å². The molecule has 0 aliphatic heterocycles. The van der Waals surface area contributed by atoms with Gasteiger partial charge in [-0.3, -0.25) is 24.0 Å². The second-order valence-electron chi connectivity index (χ2n) is 7.12. The smallest absolute Gasteiger partial charge is 0.322 e. The average molecular weight is 446 g/mol. The molecule has 2 unspecified atom stereocenters. The summed E-state index contributed by atoms with van der Waals surface area (Å²) in [5.41, 5.74) is 12.2. The molecule has 12 nitrogen and oxygen atoms in total. The summed E-state index contributed by atoms with van der Waals surface area (Å²) in [6, 6.07) is 5.28. The molecule has 0 fully saturated rings. The van der Waals surface area contributed by atoms with E-state index >= 15 is 0 Å². The number of fused-ring (bicyclic) bond motifs is 1. The Balaban J connectivity index is 2.01. The zero-order valence-electron chi connectivity index (χ0n) is 17.2. The lowest BCUT2D eigenvalue weighted by Gasteiger charge is -2.18. The molecule has 9 N–H and O–H groups in total. The van der Waals surface area contributed by atoms with Crippen LogP contribution in [0.15, 0.2) is 30.5 Å². The second-order valence-corrected chi connectivity index (χ2v) is 7.12. The molecular weight excluding hydrogens is 420 g/mol. The number of hydrogen-bond donors (Lipinski definition) is 7. The number of primary amides is 1. The zero-order valence-corrected chi connectivity index (χ0v) is 17.2. The zero-order chi connectivity index (χ0) is 23.7. The predicted molar refractivity (Wildman–Crippen MR) is 114 cm³/mol. The number of carboxylic acids is 1. The van der Waals surface area contributed by atoms with Crippen LogP contribution in [0.5, 0.6) is 0 Å². The Hall–Kier alpha value is -3.93. The van der Waals surface area contributed by atoms with Crippen molar-refractivity contribution in [3.63, 3.8) is 0 Å². The van der Waals surface area contributed by atoms with Gasteiger partial charge in [-0.2, -0.15) is 0 Å². The first kappa shape index (κ1) is 24.3. The number of amides is 4. The monoisotopic (exact) mass is 446 g/mol. The molecule has 0 saturated heterocycles.